The second-order valence-electron chi connectivity index (χ2n) is 4.42. The summed E-state index contributed by atoms with van der Waals surface area (Å²) in [7, 11) is 0. The smallest absolute Gasteiger partial charge is 0.416 e. The molecule has 1 N–H and O–H groups in total. The van der Waals surface area contributed by atoms with Crippen molar-refractivity contribution in [2.45, 2.75) is 24.8 Å². The van der Waals surface area contributed by atoms with Crippen LogP contribution in [0.15, 0.2) is 18.2 Å². The summed E-state index contributed by atoms with van der Waals surface area (Å²) in [5.41, 5.74) is -3.03. The summed E-state index contributed by atoms with van der Waals surface area (Å²) in [6.45, 7) is -0.163. The average Bonchev–Trinajstić information content (AvgIpc) is 2.36. The van der Waals surface area contributed by atoms with Gasteiger partial charge in [0.05, 0.1) is 23.8 Å². The summed E-state index contributed by atoms with van der Waals surface area (Å²) < 4.78 is 81.1. The van der Waals surface area contributed by atoms with Gasteiger partial charge in [-0.05, 0) is 23.8 Å². The summed E-state index contributed by atoms with van der Waals surface area (Å²) in [6.07, 6.45) is -10.6. The van der Waals surface area contributed by atoms with Crippen LogP contribution >= 0.6 is 0 Å². The predicted molar refractivity (Wildman–Crippen MR) is 58.3 cm³/mol. The number of amides is 1. The van der Waals surface area contributed by atoms with Gasteiger partial charge in [-0.2, -0.15) is 26.3 Å². The Morgan fingerprint density at radius 1 is 1.10 bits per heavy atom. The van der Waals surface area contributed by atoms with E-state index in [1.54, 1.807) is 0 Å². The summed E-state index contributed by atoms with van der Waals surface area (Å²) in [5, 5.41) is 2.10. The van der Waals surface area contributed by atoms with Crippen LogP contribution in [-0.2, 0) is 17.1 Å². The van der Waals surface area contributed by atoms with E-state index in [0.717, 1.165) is 0 Å². The molecule has 116 valence electrons. The van der Waals surface area contributed by atoms with Crippen molar-refractivity contribution >= 4 is 6.09 Å². The zero-order valence-corrected chi connectivity index (χ0v) is 10.3. The lowest BCUT2D eigenvalue weighted by Crippen LogP contribution is -2.36. The third kappa shape index (κ3) is 3.40. The van der Waals surface area contributed by atoms with Crippen molar-refractivity contribution in [3.8, 4) is 0 Å². The van der Waals surface area contributed by atoms with E-state index in [4.69, 9.17) is 0 Å². The summed E-state index contributed by atoms with van der Waals surface area (Å²) >= 11 is 0. The molecule has 3 nitrogen and oxygen atoms in total. The zero-order chi connectivity index (χ0) is 15.8. The average molecular weight is 313 g/mol. The van der Waals surface area contributed by atoms with Gasteiger partial charge in [-0.15, -0.1) is 0 Å². The van der Waals surface area contributed by atoms with E-state index in [1.165, 1.54) is 0 Å². The van der Waals surface area contributed by atoms with Gasteiger partial charge < -0.3 is 10.1 Å². The second kappa shape index (κ2) is 5.12. The molecule has 0 spiro atoms. The van der Waals surface area contributed by atoms with Gasteiger partial charge in [0.15, 0.2) is 0 Å². The molecule has 0 bridgehead atoms. The molecular formula is C12H9F6NO2. The van der Waals surface area contributed by atoms with E-state index in [9.17, 15) is 31.1 Å². The van der Waals surface area contributed by atoms with Crippen molar-refractivity contribution in [3.05, 3.63) is 34.9 Å². The second-order valence-corrected chi connectivity index (χ2v) is 4.42. The van der Waals surface area contributed by atoms with E-state index < -0.39 is 41.2 Å². The molecule has 2 rings (SSSR count). The molecule has 0 saturated carbocycles. The first kappa shape index (κ1) is 15.5. The molecule has 0 unspecified atom stereocenters. The molecule has 1 saturated heterocycles. The van der Waals surface area contributed by atoms with Crippen LogP contribution < -0.4 is 5.32 Å². The maximum Gasteiger partial charge on any atom is 0.416 e. The molecule has 21 heavy (non-hydrogen) atoms. The van der Waals surface area contributed by atoms with Crippen LogP contribution in [0, 0.1) is 0 Å². The van der Waals surface area contributed by atoms with E-state index in [0.29, 0.717) is 18.2 Å². The highest BCUT2D eigenvalue weighted by Crippen LogP contribution is 2.39. The minimum Gasteiger partial charge on any atom is -0.449 e. The molecule has 1 amide bonds. The fourth-order valence-corrected chi connectivity index (χ4v) is 2.04. The Balaban J connectivity index is 2.50. The minimum atomic E-state index is -4.82. The van der Waals surface area contributed by atoms with Crippen LogP contribution in [0.4, 0.5) is 31.1 Å². The highest BCUT2D eigenvalue weighted by molar-refractivity contribution is 5.68. The fraction of sp³-hybridized carbons (Fsp3) is 0.417. The standard InChI is InChI=1S/C12H9F6NO2/c13-11(14,15)6-1-2-8(12(16,17)18)7(5-6)9-3-4-21-10(20)19-9/h1-2,5,9H,3-4H2,(H,19,20)/t9-/m1/s1. The van der Waals surface area contributed by atoms with Crippen molar-refractivity contribution in [1.29, 1.82) is 0 Å². The first-order chi connectivity index (χ1) is 9.59. The third-order valence-electron chi connectivity index (χ3n) is 2.99. The molecule has 1 fully saturated rings. The van der Waals surface area contributed by atoms with E-state index >= 15 is 0 Å². The van der Waals surface area contributed by atoms with Gasteiger partial charge >= 0.3 is 18.4 Å². The van der Waals surface area contributed by atoms with Gasteiger partial charge in [0.1, 0.15) is 0 Å². The maximum atomic E-state index is 12.9. The summed E-state index contributed by atoms with van der Waals surface area (Å²) in [4.78, 5) is 11.1. The Morgan fingerprint density at radius 2 is 1.76 bits per heavy atom. The number of cyclic esters (lactones) is 1. The number of hydrogen-bond acceptors (Lipinski definition) is 2. The van der Waals surface area contributed by atoms with Gasteiger partial charge in [-0.1, -0.05) is 0 Å². The molecule has 0 aromatic heterocycles. The number of alkyl halides is 6. The largest absolute Gasteiger partial charge is 0.449 e. The van der Waals surface area contributed by atoms with E-state index in [1.807, 2.05) is 0 Å². The monoisotopic (exact) mass is 313 g/mol. The number of nitrogens with one attached hydrogen (secondary N) is 1. The highest BCUT2D eigenvalue weighted by atomic mass is 19.4. The Morgan fingerprint density at radius 3 is 2.29 bits per heavy atom. The predicted octanol–water partition coefficient (Wildman–Crippen LogP) is 3.90. The van der Waals surface area contributed by atoms with Gasteiger partial charge in [-0.25, -0.2) is 4.79 Å². The highest BCUT2D eigenvalue weighted by Gasteiger charge is 2.39. The first-order valence-electron chi connectivity index (χ1n) is 5.80. The normalized spacial score (nSPS) is 19.9. The van der Waals surface area contributed by atoms with Gasteiger partial charge in [0.25, 0.3) is 0 Å². The number of carbonyl (C=O) groups excluding carboxylic acids is 1. The molecule has 1 atom stereocenters. The quantitative estimate of drug-likeness (QED) is 0.799. The van der Waals surface area contributed by atoms with Crippen LogP contribution in [0.1, 0.15) is 29.2 Å². The molecule has 1 aliphatic rings. The number of hydrogen-bond donors (Lipinski definition) is 1. The van der Waals surface area contributed by atoms with Crippen molar-refractivity contribution in [2.75, 3.05) is 6.61 Å². The molecule has 0 aliphatic carbocycles. The minimum absolute atomic E-state index is 0.0455. The maximum absolute atomic E-state index is 12.9. The molecule has 1 heterocycles. The Hall–Kier alpha value is -1.93. The summed E-state index contributed by atoms with van der Waals surface area (Å²) in [5.74, 6) is 0. The Bertz CT molecular complexity index is 552. The first-order valence-corrected chi connectivity index (χ1v) is 5.80. The van der Waals surface area contributed by atoms with Crippen molar-refractivity contribution in [2.24, 2.45) is 0 Å². The van der Waals surface area contributed by atoms with Gasteiger partial charge in [0, 0.05) is 6.42 Å². The van der Waals surface area contributed by atoms with E-state index in [2.05, 4.69) is 10.1 Å². The molecule has 1 aliphatic heterocycles. The molecule has 0 radical (unpaired) electrons. The van der Waals surface area contributed by atoms with Crippen molar-refractivity contribution in [3.63, 3.8) is 0 Å². The van der Waals surface area contributed by atoms with Crippen LogP contribution in [0.2, 0.25) is 0 Å². The summed E-state index contributed by atoms with van der Waals surface area (Å²) in [6, 6.07) is -0.0167. The van der Waals surface area contributed by atoms with Gasteiger partial charge in [-0.3, -0.25) is 0 Å². The van der Waals surface area contributed by atoms with Crippen molar-refractivity contribution in [1.82, 2.24) is 5.32 Å². The topological polar surface area (TPSA) is 38.3 Å². The lowest BCUT2D eigenvalue weighted by molar-refractivity contribution is -0.142. The molecule has 9 heteroatoms. The number of ether oxygens (including phenoxy) is 1. The Kier molecular flexibility index (Phi) is 3.77. The number of alkyl carbamates (subject to hydrolysis) is 1. The fourth-order valence-electron chi connectivity index (χ4n) is 2.04. The van der Waals surface area contributed by atoms with E-state index in [-0.39, 0.29) is 13.0 Å². The number of carbonyl (C=O) groups is 1. The van der Waals surface area contributed by atoms with Gasteiger partial charge in [0.2, 0.25) is 0 Å². The van der Waals surface area contributed by atoms with Crippen molar-refractivity contribution < 1.29 is 35.9 Å². The Labute approximate surface area is 114 Å². The molecule has 1 aromatic rings. The third-order valence-corrected chi connectivity index (χ3v) is 2.99. The zero-order valence-electron chi connectivity index (χ0n) is 10.3. The number of halogens is 6. The number of rotatable bonds is 1. The van der Waals surface area contributed by atoms with Crippen LogP contribution in [0.5, 0.6) is 0 Å². The van der Waals surface area contributed by atoms with Crippen LogP contribution in [0.3, 0.4) is 0 Å². The SMILES string of the molecule is O=C1N[C@@H](c2cc(C(F)(F)F)ccc2C(F)(F)F)CCO1. The van der Waals surface area contributed by atoms with Crippen LogP contribution in [-0.4, -0.2) is 12.7 Å². The lowest BCUT2D eigenvalue weighted by atomic mass is 9.95. The molecule has 1 aromatic carbocycles. The molecular weight excluding hydrogens is 304 g/mol. The lowest BCUT2D eigenvalue weighted by Gasteiger charge is -2.27. The van der Waals surface area contributed by atoms with Crippen LogP contribution in [0.25, 0.3) is 0 Å². The number of benzene rings is 1.